The minimum absolute atomic E-state index is 0. The quantitative estimate of drug-likeness (QED) is 0.569. The zero-order valence-electron chi connectivity index (χ0n) is 18.0. The molecule has 4 rings (SSSR count). The Hall–Kier alpha value is -1.27. The van der Waals surface area contributed by atoms with Gasteiger partial charge >= 0.3 is 181 Å². The molecule has 0 N–H and O–H groups in total. The molecule has 0 radical (unpaired) electrons. The van der Waals surface area contributed by atoms with E-state index in [0.29, 0.717) is 0 Å². The Morgan fingerprint density at radius 1 is 0.800 bits per heavy atom. The van der Waals surface area contributed by atoms with E-state index in [0.717, 1.165) is 6.42 Å². The molecule has 2 aromatic rings. The van der Waals surface area contributed by atoms with Gasteiger partial charge < -0.3 is 24.8 Å². The Bertz CT molecular complexity index is 1020. The third-order valence-electron chi connectivity index (χ3n) is 6.54. The van der Waals surface area contributed by atoms with Crippen molar-refractivity contribution < 1.29 is 47.6 Å². The summed E-state index contributed by atoms with van der Waals surface area (Å²) < 4.78 is 3.31. The maximum absolute atomic E-state index is 2.48. The standard InChI is InChI=1S/C14H17.C13H10.2ClH.Zr/c1-10-9-14(4,12(3)11(10)2)13-7-5-6-8-13;1-3-7-12(8-4-1)11-13-9-5-2-6-10-13;;;/h5-7H,8H2,1-4H3;1-10H;2*1H;/q;;;;+2/p-2. The summed E-state index contributed by atoms with van der Waals surface area (Å²) in [4.78, 5) is 0. The average molecular weight is 514 g/mol. The summed E-state index contributed by atoms with van der Waals surface area (Å²) in [6, 6.07) is 22.1. The summed E-state index contributed by atoms with van der Waals surface area (Å²) in [7, 11) is 0. The van der Waals surface area contributed by atoms with Crippen LogP contribution in [0.1, 0.15) is 45.2 Å². The molecule has 30 heavy (non-hydrogen) atoms. The fraction of sp³-hybridized carbons (Fsp3) is 0.222. The van der Waals surface area contributed by atoms with E-state index in [1.165, 1.54) is 16.7 Å². The fourth-order valence-corrected chi connectivity index (χ4v) is 9.03. The van der Waals surface area contributed by atoms with Gasteiger partial charge in [-0.1, -0.05) is 0 Å². The van der Waals surface area contributed by atoms with Crippen LogP contribution in [0.15, 0.2) is 104 Å². The van der Waals surface area contributed by atoms with Crippen LogP contribution in [0.4, 0.5) is 0 Å². The van der Waals surface area contributed by atoms with Crippen molar-refractivity contribution in [2.75, 3.05) is 0 Å². The first-order valence-electron chi connectivity index (χ1n) is 10.0. The second kappa shape index (κ2) is 10.4. The Kier molecular flexibility index (Phi) is 8.63. The van der Waals surface area contributed by atoms with E-state index in [1.54, 1.807) is 23.2 Å². The molecule has 0 bridgehead atoms. The van der Waals surface area contributed by atoms with Crippen molar-refractivity contribution in [3.63, 3.8) is 0 Å². The molecule has 0 spiro atoms. The summed E-state index contributed by atoms with van der Waals surface area (Å²) in [5, 5.41) is 0. The molecule has 2 aliphatic rings. The van der Waals surface area contributed by atoms with Crippen LogP contribution < -0.4 is 24.8 Å². The van der Waals surface area contributed by atoms with E-state index in [2.05, 4.69) is 107 Å². The minimum Gasteiger partial charge on any atom is -1.00 e. The summed E-state index contributed by atoms with van der Waals surface area (Å²) in [5.41, 5.74) is 9.05. The number of rotatable bonds is 4. The van der Waals surface area contributed by atoms with Crippen LogP contribution in [0.2, 0.25) is 0 Å². The summed E-state index contributed by atoms with van der Waals surface area (Å²) >= 11 is -1.02. The van der Waals surface area contributed by atoms with E-state index < -0.39 is 22.8 Å². The second-order valence-corrected chi connectivity index (χ2v) is 11.0. The van der Waals surface area contributed by atoms with Gasteiger partial charge in [0.1, 0.15) is 0 Å². The van der Waals surface area contributed by atoms with Gasteiger partial charge in [-0.2, -0.15) is 0 Å². The van der Waals surface area contributed by atoms with Gasteiger partial charge in [0.05, 0.1) is 0 Å². The Labute approximate surface area is 204 Å². The molecule has 0 aromatic heterocycles. The fourth-order valence-electron chi connectivity index (χ4n) is 4.49. The molecule has 0 amide bonds. The van der Waals surface area contributed by atoms with Gasteiger partial charge in [-0.3, -0.25) is 0 Å². The number of benzene rings is 2. The van der Waals surface area contributed by atoms with Crippen molar-refractivity contribution >= 4 is 3.21 Å². The average Bonchev–Trinajstić information content (AvgIpc) is 3.33. The first-order chi connectivity index (χ1) is 13.5. The zero-order valence-corrected chi connectivity index (χ0v) is 21.9. The minimum atomic E-state index is -1.02. The maximum Gasteiger partial charge on any atom is -1.00 e. The van der Waals surface area contributed by atoms with Crippen molar-refractivity contribution in [3.8, 4) is 0 Å². The summed E-state index contributed by atoms with van der Waals surface area (Å²) in [6.07, 6.45) is 7.99. The van der Waals surface area contributed by atoms with Crippen molar-refractivity contribution in [1.29, 1.82) is 0 Å². The van der Waals surface area contributed by atoms with Gasteiger partial charge in [0, 0.05) is 0 Å². The predicted octanol–water partition coefficient (Wildman–Crippen LogP) is 0.863. The van der Waals surface area contributed by atoms with E-state index in [-0.39, 0.29) is 30.2 Å². The van der Waals surface area contributed by atoms with Gasteiger partial charge in [0.2, 0.25) is 0 Å². The number of allylic oxidation sites excluding steroid dienone is 8. The number of hydrogen-bond donors (Lipinski definition) is 0. The van der Waals surface area contributed by atoms with Crippen molar-refractivity contribution in [3.05, 3.63) is 116 Å². The van der Waals surface area contributed by atoms with Crippen LogP contribution in [-0.4, -0.2) is 3.21 Å². The van der Waals surface area contributed by atoms with Crippen LogP contribution in [0.5, 0.6) is 0 Å². The first kappa shape index (κ1) is 25.0. The Morgan fingerprint density at radius 2 is 1.33 bits per heavy atom. The Balaban J connectivity index is 0.00000160. The third kappa shape index (κ3) is 4.36. The summed E-state index contributed by atoms with van der Waals surface area (Å²) in [5.74, 6) is 0. The van der Waals surface area contributed by atoms with Gasteiger partial charge in [0.25, 0.3) is 0 Å². The molecule has 153 valence electrons. The van der Waals surface area contributed by atoms with E-state index >= 15 is 0 Å². The molecular weight excluding hydrogens is 486 g/mol. The van der Waals surface area contributed by atoms with Crippen molar-refractivity contribution in [1.82, 2.24) is 0 Å². The van der Waals surface area contributed by atoms with Gasteiger partial charge in [-0.25, -0.2) is 0 Å². The van der Waals surface area contributed by atoms with Crippen LogP contribution in [0.3, 0.4) is 0 Å². The van der Waals surface area contributed by atoms with Gasteiger partial charge in [-0.05, 0) is 0 Å². The largest absolute Gasteiger partial charge is 1.00 e. The molecule has 3 heteroatoms. The molecule has 0 nitrogen and oxygen atoms in total. The van der Waals surface area contributed by atoms with Gasteiger partial charge in [-0.15, -0.1) is 0 Å². The number of halogens is 2. The van der Waals surface area contributed by atoms with Crippen LogP contribution in [-0.2, 0) is 22.8 Å². The van der Waals surface area contributed by atoms with Crippen molar-refractivity contribution in [2.45, 2.75) is 34.1 Å². The van der Waals surface area contributed by atoms with E-state index in [4.69, 9.17) is 0 Å². The normalized spacial score (nSPS) is 19.8. The van der Waals surface area contributed by atoms with E-state index in [9.17, 15) is 0 Å². The third-order valence-corrected chi connectivity index (χ3v) is 11.3. The number of hydrogen-bond acceptors (Lipinski definition) is 0. The smallest absolute Gasteiger partial charge is 1.00 e. The molecule has 1 atom stereocenters. The van der Waals surface area contributed by atoms with Crippen LogP contribution >= 0.6 is 0 Å². The molecule has 0 fully saturated rings. The SMILES string of the molecule is CC1=C(C)C(C)(C2=CC=CC2)[C]([Zr+2]=[C](c2ccccc2)c2ccccc2)=C1C.[Cl-].[Cl-]. The maximum atomic E-state index is 2.48. The molecule has 0 saturated carbocycles. The first-order valence-corrected chi connectivity index (χ1v) is 12.5. The van der Waals surface area contributed by atoms with Gasteiger partial charge in [0.15, 0.2) is 0 Å². The van der Waals surface area contributed by atoms with Crippen molar-refractivity contribution in [2.24, 2.45) is 5.41 Å². The molecule has 1 unspecified atom stereocenters. The molecule has 0 saturated heterocycles. The molecule has 0 heterocycles. The zero-order chi connectivity index (χ0) is 19.7. The molecule has 2 aromatic carbocycles. The van der Waals surface area contributed by atoms with E-state index in [1.807, 2.05) is 0 Å². The monoisotopic (exact) mass is 511 g/mol. The molecule has 0 aliphatic heterocycles. The predicted molar refractivity (Wildman–Crippen MR) is 117 cm³/mol. The summed E-state index contributed by atoms with van der Waals surface area (Å²) in [6.45, 7) is 9.51. The molecular formula is C27H27Cl2Zr. The van der Waals surface area contributed by atoms with Crippen LogP contribution in [0, 0.1) is 5.41 Å². The Morgan fingerprint density at radius 3 is 1.80 bits per heavy atom. The molecule has 2 aliphatic carbocycles. The second-order valence-electron chi connectivity index (χ2n) is 7.93. The van der Waals surface area contributed by atoms with Crippen LogP contribution in [0.25, 0.3) is 0 Å². The topological polar surface area (TPSA) is 0 Å².